The molecule has 1 aromatic carbocycles. The van der Waals surface area contributed by atoms with Gasteiger partial charge < -0.3 is 24.6 Å². The highest BCUT2D eigenvalue weighted by Gasteiger charge is 2.41. The van der Waals surface area contributed by atoms with Gasteiger partial charge in [-0.3, -0.25) is 19.4 Å². The molecule has 3 aromatic rings. The van der Waals surface area contributed by atoms with Crippen molar-refractivity contribution in [1.82, 2.24) is 25.1 Å². The molecule has 2 bridgehead atoms. The summed E-state index contributed by atoms with van der Waals surface area (Å²) in [5.74, 6) is 0.179. The van der Waals surface area contributed by atoms with Crippen LogP contribution in [0.15, 0.2) is 30.5 Å². The molecule has 2 aromatic heterocycles. The number of methoxy groups -OCH3 is 1. The fraction of sp³-hybridized carbons (Fsp3) is 0.485. The molecular weight excluding hydrogens is 578 g/mol. The van der Waals surface area contributed by atoms with E-state index in [1.807, 2.05) is 38.1 Å². The van der Waals surface area contributed by atoms with E-state index in [9.17, 15) is 14.4 Å². The summed E-state index contributed by atoms with van der Waals surface area (Å²) in [5.41, 5.74) is 4.44. The average Bonchev–Trinajstić information content (AvgIpc) is 3.63. The van der Waals surface area contributed by atoms with E-state index in [4.69, 9.17) is 9.47 Å². The summed E-state index contributed by atoms with van der Waals surface area (Å²) in [7, 11) is 1.59. The number of ether oxygens (including phenoxy) is 2. The molecule has 1 N–H and O–H groups in total. The van der Waals surface area contributed by atoms with Crippen LogP contribution in [0, 0.1) is 19.8 Å². The number of pyridine rings is 1. The second kappa shape index (κ2) is 12.9. The highest BCUT2D eigenvalue weighted by atomic mass is 32.1. The van der Waals surface area contributed by atoms with Crippen molar-refractivity contribution in [2.45, 2.75) is 51.9 Å². The summed E-state index contributed by atoms with van der Waals surface area (Å²) < 4.78 is 11.8. The van der Waals surface area contributed by atoms with Crippen molar-refractivity contribution in [1.29, 1.82) is 0 Å². The number of benzene rings is 1. The lowest BCUT2D eigenvalue weighted by molar-refractivity contribution is -0.124. The number of fused-ring (bicyclic) bond motifs is 5. The van der Waals surface area contributed by atoms with E-state index in [-0.39, 0.29) is 30.2 Å². The summed E-state index contributed by atoms with van der Waals surface area (Å²) in [6, 6.07) is 7.69. The highest BCUT2D eigenvalue weighted by molar-refractivity contribution is 7.13. The molecule has 1 aliphatic carbocycles. The second-order valence-electron chi connectivity index (χ2n) is 11.8. The number of likely N-dealkylation sites (tertiary alicyclic amines) is 1. The van der Waals surface area contributed by atoms with Crippen molar-refractivity contribution in [2.24, 2.45) is 5.92 Å². The van der Waals surface area contributed by atoms with E-state index in [0.717, 1.165) is 53.2 Å². The number of hydrogen-bond acceptors (Lipinski definition) is 8. The van der Waals surface area contributed by atoms with Crippen LogP contribution in [0.3, 0.4) is 0 Å². The third-order valence-electron chi connectivity index (χ3n) is 8.88. The van der Waals surface area contributed by atoms with E-state index in [2.05, 4.69) is 15.3 Å². The van der Waals surface area contributed by atoms with Gasteiger partial charge in [0.15, 0.2) is 11.5 Å². The first-order valence-corrected chi connectivity index (χ1v) is 16.2. The molecule has 6 rings (SSSR count). The quantitative estimate of drug-likeness (QED) is 0.474. The Balaban J connectivity index is 1.25. The minimum atomic E-state index is -0.436. The summed E-state index contributed by atoms with van der Waals surface area (Å²) in [4.78, 5) is 54.1. The summed E-state index contributed by atoms with van der Waals surface area (Å²) in [6.07, 6.45) is 6.41. The van der Waals surface area contributed by atoms with Crippen LogP contribution in [-0.4, -0.2) is 83.9 Å². The monoisotopic (exact) mass is 617 g/mol. The smallest absolute Gasteiger partial charge is 0.265 e. The Morgan fingerprint density at radius 2 is 1.84 bits per heavy atom. The molecule has 44 heavy (non-hydrogen) atoms. The molecule has 2 aliphatic heterocycles. The predicted molar refractivity (Wildman–Crippen MR) is 167 cm³/mol. The second-order valence-corrected chi connectivity index (χ2v) is 13.0. The van der Waals surface area contributed by atoms with Crippen LogP contribution >= 0.6 is 11.3 Å². The molecule has 10 nitrogen and oxygen atoms in total. The number of carbonyl (C=O) groups is 3. The molecule has 3 aliphatic rings. The Morgan fingerprint density at radius 3 is 2.64 bits per heavy atom. The van der Waals surface area contributed by atoms with Gasteiger partial charge in [-0.15, -0.1) is 11.3 Å². The molecule has 1 fully saturated rings. The first-order valence-electron chi connectivity index (χ1n) is 15.4. The Kier molecular flexibility index (Phi) is 8.83. The molecular formula is C33H39N5O5S. The maximum absolute atomic E-state index is 13.7. The topological polar surface area (TPSA) is 114 Å². The van der Waals surface area contributed by atoms with Gasteiger partial charge in [-0.25, -0.2) is 4.98 Å². The third kappa shape index (κ3) is 6.15. The fourth-order valence-corrected chi connectivity index (χ4v) is 7.45. The molecule has 3 amide bonds. The van der Waals surface area contributed by atoms with Crippen LogP contribution in [0.5, 0.6) is 11.5 Å². The normalized spacial score (nSPS) is 20.6. The molecule has 232 valence electrons. The van der Waals surface area contributed by atoms with Crippen LogP contribution in [0.1, 0.15) is 72.7 Å². The van der Waals surface area contributed by atoms with Crippen LogP contribution in [-0.2, 0) is 17.6 Å². The van der Waals surface area contributed by atoms with Gasteiger partial charge in [-0.1, -0.05) is 6.07 Å². The zero-order valence-corrected chi connectivity index (χ0v) is 26.4. The predicted octanol–water partition coefficient (Wildman–Crippen LogP) is 3.94. The number of aromatic nitrogens is 2. The first kappa shape index (κ1) is 30.1. The Hall–Kier alpha value is -3.99. The lowest BCUT2D eigenvalue weighted by atomic mass is 9.88. The van der Waals surface area contributed by atoms with Gasteiger partial charge >= 0.3 is 0 Å². The van der Waals surface area contributed by atoms with Crippen LogP contribution in [0.25, 0.3) is 0 Å². The highest BCUT2D eigenvalue weighted by Crippen LogP contribution is 2.38. The lowest BCUT2D eigenvalue weighted by Crippen LogP contribution is -2.39. The van der Waals surface area contributed by atoms with Gasteiger partial charge in [0.25, 0.3) is 11.8 Å². The standard InChI is InChI=1S/C33H39N5O5S/c1-20-30(44-21(2)36-20)33(41)37-12-6-11-34-31(39)26-19-38(32(40)24-15-23-7-4-5-8-27(23)35-17-24)18-25(26)22-9-10-28(42-3)29(16-22)43-14-13-37/h9-10,15-17,25-26H,4-8,11-14,18-19H2,1-3H3,(H,34,39)/t25-,26+/m1/s1. The molecule has 11 heteroatoms. The molecule has 2 atom stereocenters. The van der Waals surface area contributed by atoms with E-state index < -0.39 is 5.92 Å². The largest absolute Gasteiger partial charge is 0.493 e. The van der Waals surface area contributed by atoms with Crippen molar-refractivity contribution in [3.05, 3.63) is 68.4 Å². The van der Waals surface area contributed by atoms with Crippen molar-refractivity contribution in [3.8, 4) is 11.5 Å². The summed E-state index contributed by atoms with van der Waals surface area (Å²) in [6.45, 7) is 5.99. The summed E-state index contributed by atoms with van der Waals surface area (Å²) >= 11 is 1.39. The average molecular weight is 618 g/mol. The van der Waals surface area contributed by atoms with Gasteiger partial charge in [-0.2, -0.15) is 0 Å². The zero-order chi connectivity index (χ0) is 30.8. The van der Waals surface area contributed by atoms with Crippen LogP contribution < -0.4 is 14.8 Å². The number of rotatable bonds is 3. The number of amides is 3. The van der Waals surface area contributed by atoms with E-state index in [1.165, 1.54) is 11.3 Å². The van der Waals surface area contributed by atoms with Crippen LogP contribution in [0.4, 0.5) is 0 Å². The summed E-state index contributed by atoms with van der Waals surface area (Å²) in [5, 5.41) is 3.95. The van der Waals surface area contributed by atoms with Crippen molar-refractivity contribution >= 4 is 29.1 Å². The van der Waals surface area contributed by atoms with E-state index in [1.54, 1.807) is 23.1 Å². The Labute approximate surface area is 261 Å². The molecule has 0 radical (unpaired) electrons. The maximum Gasteiger partial charge on any atom is 0.265 e. The zero-order valence-electron chi connectivity index (χ0n) is 25.6. The number of carbonyl (C=O) groups excluding carboxylic acids is 3. The number of hydrogen-bond donors (Lipinski definition) is 1. The van der Waals surface area contributed by atoms with E-state index >= 15 is 0 Å². The van der Waals surface area contributed by atoms with Crippen molar-refractivity contribution in [3.63, 3.8) is 0 Å². The minimum absolute atomic E-state index is 0.0856. The van der Waals surface area contributed by atoms with Gasteiger partial charge in [0.1, 0.15) is 11.5 Å². The Bertz CT molecular complexity index is 1570. The number of nitrogens with zero attached hydrogens (tertiary/aromatic N) is 4. The fourth-order valence-electron chi connectivity index (χ4n) is 6.56. The molecule has 4 heterocycles. The SMILES string of the molecule is COc1ccc2cc1OCCN(C(=O)c1sc(C)nc1C)CCCNC(=O)[C@H]1CN(C(=O)c3cnc4c(c3)CCCC4)C[C@H]21. The Morgan fingerprint density at radius 1 is 1.02 bits per heavy atom. The molecule has 0 unspecified atom stereocenters. The van der Waals surface area contributed by atoms with Gasteiger partial charge in [-0.05, 0) is 75.3 Å². The third-order valence-corrected chi connectivity index (χ3v) is 9.94. The molecule has 0 saturated carbocycles. The number of thiazole rings is 1. The van der Waals surface area contributed by atoms with Crippen LogP contribution in [0.2, 0.25) is 0 Å². The van der Waals surface area contributed by atoms with Gasteiger partial charge in [0.2, 0.25) is 5.91 Å². The molecule has 0 spiro atoms. The lowest BCUT2D eigenvalue weighted by Gasteiger charge is -2.25. The molecule has 1 saturated heterocycles. The number of aryl methyl sites for hydroxylation is 4. The van der Waals surface area contributed by atoms with E-state index in [0.29, 0.717) is 61.1 Å². The maximum atomic E-state index is 13.7. The first-order chi connectivity index (χ1) is 21.3. The van der Waals surface area contributed by atoms with Crippen molar-refractivity contribution in [2.75, 3.05) is 46.4 Å². The van der Waals surface area contributed by atoms with Gasteiger partial charge in [0.05, 0.1) is 35.8 Å². The van der Waals surface area contributed by atoms with Gasteiger partial charge in [0, 0.05) is 44.0 Å². The van der Waals surface area contributed by atoms with Crippen molar-refractivity contribution < 1.29 is 23.9 Å². The minimum Gasteiger partial charge on any atom is -0.493 e. The number of nitrogens with one attached hydrogen (secondary N) is 1.